The number of allylic oxidation sites excluding steroid dienone is 4. The number of hydrogen-bond donors (Lipinski definition) is 1. The molecule has 28 heavy (non-hydrogen) atoms. The fraction of sp³-hybridized carbons (Fsp3) is 0.720. The number of carbonyl (C=O) groups is 1. The smallest absolute Gasteiger partial charge is 0.311 e. The lowest BCUT2D eigenvalue weighted by Gasteiger charge is -2.43. The molecular formula is C25H40O3. The van der Waals surface area contributed by atoms with Crippen molar-refractivity contribution in [3.05, 3.63) is 36.0 Å². The van der Waals surface area contributed by atoms with Crippen LogP contribution in [0.2, 0.25) is 0 Å². The van der Waals surface area contributed by atoms with E-state index in [1.807, 2.05) is 39.8 Å². The number of aliphatic hydroxyl groups is 1. The van der Waals surface area contributed by atoms with Crippen LogP contribution in [0.4, 0.5) is 0 Å². The fourth-order valence-electron chi connectivity index (χ4n) is 4.46. The van der Waals surface area contributed by atoms with Crippen LogP contribution in [0.15, 0.2) is 36.0 Å². The second-order valence-electron chi connectivity index (χ2n) is 9.50. The predicted molar refractivity (Wildman–Crippen MR) is 116 cm³/mol. The van der Waals surface area contributed by atoms with Gasteiger partial charge in [0.05, 0.1) is 11.5 Å². The number of hydrogen-bond acceptors (Lipinski definition) is 3. The van der Waals surface area contributed by atoms with Gasteiger partial charge in [-0.2, -0.15) is 0 Å². The van der Waals surface area contributed by atoms with Crippen molar-refractivity contribution in [1.29, 1.82) is 0 Å². The first-order valence-electron chi connectivity index (χ1n) is 11.1. The Kier molecular flexibility index (Phi) is 8.12. The molecule has 0 radical (unpaired) electrons. The lowest BCUT2D eigenvalue weighted by molar-refractivity contribution is -0.164. The van der Waals surface area contributed by atoms with Gasteiger partial charge in [-0.1, -0.05) is 51.2 Å². The van der Waals surface area contributed by atoms with Crippen LogP contribution in [0, 0.1) is 29.1 Å². The molecule has 0 aromatic carbocycles. The molecule has 0 saturated carbocycles. The average molecular weight is 389 g/mol. The summed E-state index contributed by atoms with van der Waals surface area (Å²) in [5.41, 5.74) is 0.871. The van der Waals surface area contributed by atoms with Crippen LogP contribution in [0.5, 0.6) is 0 Å². The highest BCUT2D eigenvalue weighted by Gasteiger charge is 2.42. The standard InChI is InChI=1S/C25H40O3/c1-7-9-10-20(26)13-14-21-18(4)11-12-19-15-17(3)16-22(23(19)21)28-24(27)25(5,6)8-2/h7,9,11-12,15,17-18,20-23,26H,8,10,13-14,16H2,1-6H3/b9-7-/t17-,18-,20+,21-,22-,23+/m0/s1. The molecule has 158 valence electrons. The van der Waals surface area contributed by atoms with Crippen molar-refractivity contribution < 1.29 is 14.6 Å². The maximum absolute atomic E-state index is 12.8. The lowest BCUT2D eigenvalue weighted by Crippen LogP contribution is -2.43. The highest BCUT2D eigenvalue weighted by atomic mass is 16.5. The van der Waals surface area contributed by atoms with E-state index in [0.717, 1.165) is 25.7 Å². The van der Waals surface area contributed by atoms with Gasteiger partial charge >= 0.3 is 5.97 Å². The molecule has 0 unspecified atom stereocenters. The summed E-state index contributed by atoms with van der Waals surface area (Å²) in [6.07, 6.45) is 14.6. The zero-order valence-electron chi connectivity index (χ0n) is 18.7. The minimum absolute atomic E-state index is 0.0709. The van der Waals surface area contributed by atoms with Gasteiger partial charge in [0.15, 0.2) is 0 Å². The Labute approximate surface area is 171 Å². The SMILES string of the molecule is C/C=C\C[C@@H](O)CC[C@@H]1[C@H]2C(=C[C@H](C)C[C@@H]2OC(=O)C(C)(C)CC)C=C[C@@H]1C. The van der Waals surface area contributed by atoms with E-state index in [4.69, 9.17) is 4.74 Å². The van der Waals surface area contributed by atoms with Crippen molar-refractivity contribution >= 4 is 5.97 Å². The van der Waals surface area contributed by atoms with Crippen molar-refractivity contribution in [3.8, 4) is 0 Å². The zero-order valence-corrected chi connectivity index (χ0v) is 18.7. The normalized spacial score (nSPS) is 31.4. The van der Waals surface area contributed by atoms with Crippen LogP contribution in [0.25, 0.3) is 0 Å². The number of carbonyl (C=O) groups excluding carboxylic acids is 1. The molecule has 3 heteroatoms. The fourth-order valence-corrected chi connectivity index (χ4v) is 4.46. The largest absolute Gasteiger partial charge is 0.461 e. The highest BCUT2D eigenvalue weighted by molar-refractivity contribution is 5.76. The van der Waals surface area contributed by atoms with E-state index < -0.39 is 5.41 Å². The van der Waals surface area contributed by atoms with Crippen molar-refractivity contribution in [2.24, 2.45) is 29.1 Å². The highest BCUT2D eigenvalue weighted by Crippen LogP contribution is 2.45. The summed E-state index contributed by atoms with van der Waals surface area (Å²) >= 11 is 0. The molecule has 0 spiro atoms. The maximum atomic E-state index is 12.8. The molecule has 0 bridgehead atoms. The molecule has 2 rings (SSSR count). The Morgan fingerprint density at radius 2 is 2.11 bits per heavy atom. The molecule has 6 atom stereocenters. The summed E-state index contributed by atoms with van der Waals surface area (Å²) in [5.74, 6) is 1.38. The minimum atomic E-state index is -0.446. The molecule has 0 aromatic rings. The van der Waals surface area contributed by atoms with E-state index in [2.05, 4.69) is 32.1 Å². The molecule has 0 aliphatic heterocycles. The Morgan fingerprint density at radius 3 is 2.75 bits per heavy atom. The number of esters is 1. The van der Waals surface area contributed by atoms with Crippen LogP contribution >= 0.6 is 0 Å². The van der Waals surface area contributed by atoms with Crippen molar-refractivity contribution in [2.45, 2.75) is 85.9 Å². The first-order chi connectivity index (χ1) is 13.2. The second-order valence-corrected chi connectivity index (χ2v) is 9.50. The van der Waals surface area contributed by atoms with E-state index in [0.29, 0.717) is 24.2 Å². The summed E-state index contributed by atoms with van der Waals surface area (Å²) in [6, 6.07) is 0. The van der Waals surface area contributed by atoms with E-state index in [1.54, 1.807) is 0 Å². The third kappa shape index (κ3) is 5.59. The summed E-state index contributed by atoms with van der Waals surface area (Å²) in [4.78, 5) is 12.8. The second kappa shape index (κ2) is 9.91. The van der Waals surface area contributed by atoms with Crippen molar-refractivity contribution in [1.82, 2.24) is 0 Å². The van der Waals surface area contributed by atoms with Crippen LogP contribution < -0.4 is 0 Å². The zero-order chi connectivity index (χ0) is 20.9. The van der Waals surface area contributed by atoms with Gasteiger partial charge in [0.2, 0.25) is 0 Å². The topological polar surface area (TPSA) is 46.5 Å². The first kappa shape index (κ1) is 22.9. The van der Waals surface area contributed by atoms with Gasteiger partial charge in [-0.25, -0.2) is 0 Å². The minimum Gasteiger partial charge on any atom is -0.461 e. The van der Waals surface area contributed by atoms with Gasteiger partial charge in [-0.3, -0.25) is 4.79 Å². The molecule has 2 aliphatic rings. The van der Waals surface area contributed by atoms with Gasteiger partial charge in [-0.05, 0) is 76.2 Å². The molecule has 0 fully saturated rings. The molecule has 3 nitrogen and oxygen atoms in total. The third-order valence-corrected chi connectivity index (χ3v) is 6.77. The maximum Gasteiger partial charge on any atom is 0.311 e. The van der Waals surface area contributed by atoms with Gasteiger partial charge in [0, 0.05) is 5.92 Å². The van der Waals surface area contributed by atoms with Crippen LogP contribution in [0.1, 0.15) is 73.6 Å². The van der Waals surface area contributed by atoms with Gasteiger partial charge in [-0.15, -0.1) is 0 Å². The first-order valence-corrected chi connectivity index (χ1v) is 11.1. The van der Waals surface area contributed by atoms with Gasteiger partial charge < -0.3 is 9.84 Å². The number of ether oxygens (including phenoxy) is 1. The predicted octanol–water partition coefficient (Wildman–Crippen LogP) is 5.85. The molecule has 0 amide bonds. The molecule has 2 aliphatic carbocycles. The average Bonchev–Trinajstić information content (AvgIpc) is 2.65. The van der Waals surface area contributed by atoms with E-state index in [-0.39, 0.29) is 24.1 Å². The molecule has 0 aromatic heterocycles. The summed E-state index contributed by atoms with van der Waals surface area (Å²) < 4.78 is 6.15. The van der Waals surface area contributed by atoms with Crippen LogP contribution in [-0.4, -0.2) is 23.3 Å². The van der Waals surface area contributed by atoms with E-state index >= 15 is 0 Å². The molecule has 0 saturated heterocycles. The Bertz CT molecular complexity index is 613. The van der Waals surface area contributed by atoms with Crippen molar-refractivity contribution in [2.75, 3.05) is 0 Å². The Hall–Kier alpha value is -1.35. The number of fused-ring (bicyclic) bond motifs is 1. The van der Waals surface area contributed by atoms with E-state index in [9.17, 15) is 9.90 Å². The summed E-state index contributed by atoms with van der Waals surface area (Å²) in [7, 11) is 0. The van der Waals surface area contributed by atoms with Crippen LogP contribution in [0.3, 0.4) is 0 Å². The van der Waals surface area contributed by atoms with Crippen LogP contribution in [-0.2, 0) is 9.53 Å². The van der Waals surface area contributed by atoms with Crippen molar-refractivity contribution in [3.63, 3.8) is 0 Å². The Morgan fingerprint density at radius 1 is 1.39 bits per heavy atom. The lowest BCUT2D eigenvalue weighted by atomic mass is 9.65. The third-order valence-electron chi connectivity index (χ3n) is 6.77. The summed E-state index contributed by atoms with van der Waals surface area (Å²) in [6.45, 7) is 12.4. The summed E-state index contributed by atoms with van der Waals surface area (Å²) in [5, 5.41) is 10.3. The monoisotopic (exact) mass is 388 g/mol. The Balaban J connectivity index is 2.19. The quantitative estimate of drug-likeness (QED) is 0.419. The number of rotatable bonds is 8. The van der Waals surface area contributed by atoms with E-state index in [1.165, 1.54) is 5.57 Å². The van der Waals surface area contributed by atoms with Gasteiger partial charge in [0.1, 0.15) is 6.10 Å². The van der Waals surface area contributed by atoms with Gasteiger partial charge in [0.25, 0.3) is 0 Å². The molecule has 1 N–H and O–H groups in total. The number of aliphatic hydroxyl groups excluding tert-OH is 1. The molecular weight excluding hydrogens is 348 g/mol. The molecule has 0 heterocycles.